The number of carboxylic acid groups (broad SMARTS) is 1. The van der Waals surface area contributed by atoms with E-state index in [0.29, 0.717) is 33.4 Å². The zero-order valence-electron chi connectivity index (χ0n) is 55.9. The number of rotatable bonds is 17. The number of carboxylic acids is 1. The molecule has 23 heteroatoms. The molecule has 4 N–H and O–H groups in total. The number of ether oxygens (including phenoxy) is 6. The molecule has 4 unspecified atom stereocenters. The van der Waals surface area contributed by atoms with Gasteiger partial charge >= 0.3 is 29.8 Å². The highest BCUT2D eigenvalue weighted by Crippen LogP contribution is 2.65. The minimum absolute atomic E-state index is 0.0387. The van der Waals surface area contributed by atoms with Crippen LogP contribution in [0.15, 0.2) is 161 Å². The zero-order valence-corrected chi connectivity index (χ0v) is 55.9. The van der Waals surface area contributed by atoms with E-state index in [1.54, 1.807) is 66.7 Å². The van der Waals surface area contributed by atoms with Crippen molar-refractivity contribution in [3.8, 4) is 22.5 Å². The second-order valence-corrected chi connectivity index (χ2v) is 26.6. The molecule has 98 heavy (non-hydrogen) atoms. The number of hydrogen-bond acceptors (Lipinski definition) is 20. The molecule has 510 valence electrons. The SMILES string of the molecule is CC(=O)O[C@H]1C(=O)[C@@]2(C)C(C(OC(=O)c3ccccc3)[C@]3(O)CC(OC(=O)[C@H](O)[C@@H](NC(=O)c4ccccc4)c4ccccc4)C(C)=C1C3(C)C)[C@]1(OC(C)=O)COC1C[C@@H]2OC(=O)[C@@H](C)NC(=O)c1ccc(-c2c3ccc(=[N+](C)C)cc-3oc3cc(N(C)C)ccc23)c(C(=O)[O-])c1. The van der Waals surface area contributed by atoms with Crippen LogP contribution in [0.1, 0.15) is 114 Å². The Bertz CT molecular complexity index is 4450. The van der Waals surface area contributed by atoms with Crippen molar-refractivity contribution >= 4 is 70.1 Å². The van der Waals surface area contributed by atoms with Crippen LogP contribution in [0.5, 0.6) is 0 Å². The molecule has 12 atom stereocenters. The van der Waals surface area contributed by atoms with E-state index in [0.717, 1.165) is 31.0 Å². The number of nitrogens with one attached hydrogen (secondary N) is 2. The molecule has 5 aromatic rings. The summed E-state index contributed by atoms with van der Waals surface area (Å²) < 4.78 is 46.2. The van der Waals surface area contributed by atoms with Gasteiger partial charge in [-0.25, -0.2) is 19.0 Å². The van der Waals surface area contributed by atoms with Crippen LogP contribution in [0, 0.1) is 16.7 Å². The molecule has 23 nitrogen and oxygen atoms in total. The maximum atomic E-state index is 16.7. The number of amides is 2. The smallest absolute Gasteiger partial charge is 0.338 e. The van der Waals surface area contributed by atoms with Crippen LogP contribution in [0.2, 0.25) is 0 Å². The van der Waals surface area contributed by atoms with Crippen LogP contribution in [-0.4, -0.2) is 152 Å². The van der Waals surface area contributed by atoms with Gasteiger partial charge in [-0.15, -0.1) is 0 Å². The molecular formula is C75H76N4O19. The minimum Gasteiger partial charge on any atom is -0.545 e. The van der Waals surface area contributed by atoms with Crippen LogP contribution >= 0.6 is 0 Å². The van der Waals surface area contributed by atoms with Gasteiger partial charge in [-0.1, -0.05) is 86.6 Å². The number of aromatic carboxylic acids is 1. The van der Waals surface area contributed by atoms with Gasteiger partial charge in [0.2, 0.25) is 5.36 Å². The molecule has 2 aliphatic heterocycles. The van der Waals surface area contributed by atoms with E-state index >= 15 is 4.79 Å². The number of benzene rings is 6. The Labute approximate surface area is 564 Å². The lowest BCUT2D eigenvalue weighted by Gasteiger charge is -2.67. The Balaban J connectivity index is 0.982. The van der Waals surface area contributed by atoms with E-state index in [9.17, 15) is 53.7 Å². The lowest BCUT2D eigenvalue weighted by molar-refractivity contribution is -0.346. The molecule has 6 aliphatic rings. The van der Waals surface area contributed by atoms with Gasteiger partial charge in [0.25, 0.3) is 11.8 Å². The summed E-state index contributed by atoms with van der Waals surface area (Å²) in [6.07, 6.45) is -12.1. The number of esters is 5. The summed E-state index contributed by atoms with van der Waals surface area (Å²) in [5.41, 5.74) is -6.59. The first-order valence-electron chi connectivity index (χ1n) is 32.0. The zero-order chi connectivity index (χ0) is 70.7. The van der Waals surface area contributed by atoms with Crippen LogP contribution in [-0.2, 0) is 52.4 Å². The van der Waals surface area contributed by atoms with E-state index in [1.807, 2.05) is 74.1 Å². The van der Waals surface area contributed by atoms with Crippen molar-refractivity contribution in [3.05, 3.63) is 190 Å². The molecule has 0 radical (unpaired) electrons. The van der Waals surface area contributed by atoms with Gasteiger partial charge in [0.1, 0.15) is 61.5 Å². The van der Waals surface area contributed by atoms with E-state index in [-0.39, 0.29) is 39.0 Å². The summed E-state index contributed by atoms with van der Waals surface area (Å²) in [5, 5.41) is 46.4. The first-order valence-corrected chi connectivity index (χ1v) is 32.0. The van der Waals surface area contributed by atoms with Crippen molar-refractivity contribution in [2.24, 2.45) is 16.7 Å². The summed E-state index contributed by atoms with van der Waals surface area (Å²) in [6, 6.07) is 35.7. The molecule has 1 saturated heterocycles. The van der Waals surface area contributed by atoms with Crippen molar-refractivity contribution in [3.63, 3.8) is 0 Å². The number of fused-ring (bicyclic) bond motifs is 7. The van der Waals surface area contributed by atoms with E-state index in [2.05, 4.69) is 10.6 Å². The Kier molecular flexibility index (Phi) is 18.7. The normalized spacial score (nSPS) is 24.6. The third-order valence-electron chi connectivity index (χ3n) is 19.9. The van der Waals surface area contributed by atoms with Gasteiger partial charge in [-0.3, -0.25) is 24.0 Å². The summed E-state index contributed by atoms with van der Waals surface area (Å²) in [7, 11) is 7.47. The van der Waals surface area contributed by atoms with Gasteiger partial charge in [0, 0.05) is 97.2 Å². The predicted octanol–water partition coefficient (Wildman–Crippen LogP) is 6.08. The number of ketones is 1. The van der Waals surface area contributed by atoms with Gasteiger partial charge in [-0.05, 0) is 97.6 Å². The third kappa shape index (κ3) is 12.3. The maximum absolute atomic E-state index is 16.7. The molecule has 2 heterocycles. The van der Waals surface area contributed by atoms with Gasteiger partial charge in [0.05, 0.1) is 41.6 Å². The number of hydrogen-bond donors (Lipinski definition) is 4. The monoisotopic (exact) mass is 1340 g/mol. The molecule has 0 spiro atoms. The van der Waals surface area contributed by atoms with Crippen molar-refractivity contribution in [1.82, 2.24) is 15.2 Å². The Morgan fingerprint density at radius 2 is 1.36 bits per heavy atom. The van der Waals surface area contributed by atoms with E-state index < -0.39 is 150 Å². The fourth-order valence-corrected chi connectivity index (χ4v) is 14.7. The lowest BCUT2D eigenvalue weighted by Crippen LogP contribution is -2.82. The van der Waals surface area contributed by atoms with Crippen molar-refractivity contribution < 1.29 is 91.3 Å². The number of carbonyl (C=O) groups excluding carboxylic acids is 9. The summed E-state index contributed by atoms with van der Waals surface area (Å²) >= 11 is 0. The van der Waals surface area contributed by atoms with Gasteiger partial charge < -0.3 is 68.5 Å². The highest BCUT2D eigenvalue weighted by molar-refractivity contribution is 6.09. The maximum Gasteiger partial charge on any atom is 0.338 e. The number of anilines is 1. The van der Waals surface area contributed by atoms with E-state index in [1.165, 1.54) is 71.0 Å². The largest absolute Gasteiger partial charge is 0.545 e. The number of Topliss-reactive ketones (excluding diaryl/α,β-unsaturated/α-hetero) is 1. The molecule has 5 aromatic carbocycles. The number of aliphatic hydroxyl groups excluding tert-OH is 1. The molecule has 2 bridgehead atoms. The van der Waals surface area contributed by atoms with Gasteiger partial charge in [-0.2, -0.15) is 0 Å². The topological polar surface area (TPSA) is 316 Å². The van der Waals surface area contributed by atoms with Crippen molar-refractivity contribution in [2.75, 3.05) is 39.7 Å². The summed E-state index contributed by atoms with van der Waals surface area (Å²) in [4.78, 5) is 132. The fraction of sp³-hybridized carbons (Fsp3) is 0.360. The second kappa shape index (κ2) is 26.6. The minimum atomic E-state index is -2.62. The summed E-state index contributed by atoms with van der Waals surface area (Å²) in [6.45, 7) is 8.74. The summed E-state index contributed by atoms with van der Waals surface area (Å²) in [5.74, 6) is -11.1. The molecule has 2 saturated carbocycles. The average molecular weight is 1340 g/mol. The van der Waals surface area contributed by atoms with Crippen molar-refractivity contribution in [2.45, 2.75) is 121 Å². The second-order valence-electron chi connectivity index (χ2n) is 26.6. The van der Waals surface area contributed by atoms with Crippen molar-refractivity contribution in [1.29, 1.82) is 0 Å². The standard InChI is InChI=1S/C75H76N4O19/c1-39-55(95-71(90)61(82)60(43-21-15-12-16-22-43)77-66(84)44-23-17-13-18-24-44)37-75(91)65(97-70(89)45-25-19-14-20-26-45)63-73(7,64(83)62(93-41(3)80)59(39)72(75,5)6)56(36-57-74(63,38-92-57)98-42(4)81)96-69(88)40(2)76-67(85)46-27-30-49(52(33-46)68(86)87)58-50-31-28-47(78(8)9)34-53(50)94-54-35-48(79(10)11)29-32-51(54)58/h12-35,40,55-57,60-63,65,82,91H,36-38H2,1-11H3,(H2-,76,77,84,85,86,87)/t40-,55?,56+,57?,60+,61-,62-,63?,65?,73-,74+,75-/m1/s1. The molecule has 4 aliphatic carbocycles. The average Bonchev–Trinajstić information content (AvgIpc) is 0.667. The van der Waals surface area contributed by atoms with Crippen LogP contribution in [0.3, 0.4) is 0 Å². The van der Waals surface area contributed by atoms with Gasteiger partial charge in [0.15, 0.2) is 23.6 Å². The first kappa shape index (κ1) is 69.0. The highest BCUT2D eigenvalue weighted by Gasteiger charge is 2.79. The first-order chi connectivity index (χ1) is 46.4. The molecule has 0 aromatic heterocycles. The number of carbonyl (C=O) groups is 9. The van der Waals surface area contributed by atoms with E-state index in [4.69, 9.17) is 32.8 Å². The molecule has 11 rings (SSSR count). The highest BCUT2D eigenvalue weighted by atomic mass is 16.6. The van der Waals surface area contributed by atoms with Crippen LogP contribution < -0.4 is 30.6 Å². The quantitative estimate of drug-likeness (QED) is 0.0264. The Morgan fingerprint density at radius 3 is 1.96 bits per heavy atom. The predicted molar refractivity (Wildman–Crippen MR) is 353 cm³/mol. The van der Waals surface area contributed by atoms with Crippen LogP contribution in [0.4, 0.5) is 5.69 Å². The Morgan fingerprint density at radius 1 is 0.724 bits per heavy atom. The lowest BCUT2D eigenvalue weighted by atomic mass is 9.44. The third-order valence-corrected chi connectivity index (χ3v) is 19.9. The van der Waals surface area contributed by atoms with Crippen LogP contribution in [0.25, 0.3) is 33.4 Å². The molecule has 3 fully saturated rings. The number of aliphatic hydroxyl groups is 2. The molecule has 2 amide bonds. The Hall–Kier alpha value is -10.4. The number of nitrogens with zero attached hydrogens (tertiary/aromatic N) is 2. The fourth-order valence-electron chi connectivity index (χ4n) is 14.7. The molecular weight excluding hydrogens is 1260 g/mol.